The van der Waals surface area contributed by atoms with Crippen LogP contribution in [0, 0.1) is 0 Å². The number of fused-ring (bicyclic) bond motifs is 2. The Labute approximate surface area is 204 Å². The molecule has 1 amide bonds. The van der Waals surface area contributed by atoms with Gasteiger partial charge in [-0.2, -0.15) is 4.98 Å². The number of anilines is 2. The van der Waals surface area contributed by atoms with E-state index in [0.717, 1.165) is 17.7 Å². The molecule has 0 atom stereocenters. The van der Waals surface area contributed by atoms with E-state index in [-0.39, 0.29) is 12.7 Å². The predicted molar refractivity (Wildman–Crippen MR) is 132 cm³/mol. The van der Waals surface area contributed by atoms with E-state index in [1.165, 1.54) is 18.9 Å². The number of nitrogens with one attached hydrogen (secondary N) is 1. The molecule has 0 saturated heterocycles. The Kier molecular flexibility index (Phi) is 6.77. The molecule has 184 valence electrons. The number of amides is 1. The molecule has 9 heteroatoms. The summed E-state index contributed by atoms with van der Waals surface area (Å²) in [6, 6.07) is 9.51. The number of hydrogen-bond donors (Lipinski definition) is 1. The summed E-state index contributed by atoms with van der Waals surface area (Å²) < 4.78 is 16.0. The zero-order valence-corrected chi connectivity index (χ0v) is 20.7. The van der Waals surface area contributed by atoms with E-state index < -0.39 is 11.6 Å². The summed E-state index contributed by atoms with van der Waals surface area (Å²) in [5.74, 6) is -0.0508. The second-order valence-electron chi connectivity index (χ2n) is 9.25. The van der Waals surface area contributed by atoms with E-state index in [1.807, 2.05) is 45.0 Å². The van der Waals surface area contributed by atoms with E-state index in [2.05, 4.69) is 15.3 Å². The van der Waals surface area contributed by atoms with Gasteiger partial charge >= 0.3 is 12.1 Å². The van der Waals surface area contributed by atoms with Crippen molar-refractivity contribution >= 4 is 34.5 Å². The first-order valence-electron chi connectivity index (χ1n) is 11.6. The predicted octanol–water partition coefficient (Wildman–Crippen LogP) is 4.85. The number of pyridine rings is 2. The molecule has 0 fully saturated rings. The highest BCUT2D eigenvalue weighted by Gasteiger charge is 2.26. The van der Waals surface area contributed by atoms with Gasteiger partial charge in [0.05, 0.1) is 19.4 Å². The number of esters is 1. The molecule has 0 spiro atoms. The summed E-state index contributed by atoms with van der Waals surface area (Å²) in [5.41, 5.74) is 3.69. The van der Waals surface area contributed by atoms with E-state index in [4.69, 9.17) is 14.2 Å². The Morgan fingerprint density at radius 3 is 2.66 bits per heavy atom. The summed E-state index contributed by atoms with van der Waals surface area (Å²) in [7, 11) is 1.54. The fraction of sp³-hybridized carbons (Fsp3) is 0.385. The van der Waals surface area contributed by atoms with Gasteiger partial charge in [-0.05, 0) is 63.4 Å². The quantitative estimate of drug-likeness (QED) is 0.519. The van der Waals surface area contributed by atoms with Crippen LogP contribution in [0.4, 0.5) is 16.2 Å². The minimum Gasteiger partial charge on any atom is -0.481 e. The van der Waals surface area contributed by atoms with Crippen LogP contribution in [0.1, 0.15) is 49.2 Å². The van der Waals surface area contributed by atoms with Crippen LogP contribution in [0.25, 0.3) is 11.0 Å². The van der Waals surface area contributed by atoms with Crippen molar-refractivity contribution in [3.05, 3.63) is 53.2 Å². The second-order valence-corrected chi connectivity index (χ2v) is 9.25. The number of ether oxygens (including phenoxy) is 3. The molecular weight excluding hydrogens is 448 g/mol. The first kappa shape index (κ1) is 24.3. The lowest BCUT2D eigenvalue weighted by Gasteiger charge is -2.31. The standard InChI is InChI=1S/C26H30N4O5/c1-6-34-24(31)20-14-27-23-19(9-10-21(29-23)33-5)22(20)28-18-8-7-16-11-12-30(15-17(16)13-18)25(32)35-26(2,3)4/h7-10,13-14H,6,11-12,15H2,1-5H3,(H,27,28,29). The number of benzene rings is 1. The molecule has 1 aliphatic rings. The van der Waals surface area contributed by atoms with Crippen LogP contribution >= 0.6 is 0 Å². The van der Waals surface area contributed by atoms with Gasteiger partial charge < -0.3 is 24.4 Å². The second kappa shape index (κ2) is 9.77. The molecule has 0 saturated carbocycles. The van der Waals surface area contributed by atoms with Crippen molar-refractivity contribution in [3.8, 4) is 5.88 Å². The Morgan fingerprint density at radius 1 is 1.14 bits per heavy atom. The van der Waals surface area contributed by atoms with Crippen molar-refractivity contribution in [1.82, 2.24) is 14.9 Å². The van der Waals surface area contributed by atoms with Gasteiger partial charge in [0.2, 0.25) is 5.88 Å². The van der Waals surface area contributed by atoms with Crippen LogP contribution in [-0.2, 0) is 22.4 Å². The average molecular weight is 479 g/mol. The molecule has 4 rings (SSSR count). The van der Waals surface area contributed by atoms with Crippen molar-refractivity contribution in [1.29, 1.82) is 0 Å². The maximum Gasteiger partial charge on any atom is 0.410 e. The third kappa shape index (κ3) is 5.45. The van der Waals surface area contributed by atoms with Gasteiger partial charge in [-0.1, -0.05) is 6.07 Å². The van der Waals surface area contributed by atoms with Crippen molar-refractivity contribution in [2.24, 2.45) is 0 Å². The molecule has 0 aliphatic carbocycles. The van der Waals surface area contributed by atoms with Crippen LogP contribution in [-0.4, -0.2) is 52.8 Å². The molecule has 0 unspecified atom stereocenters. The van der Waals surface area contributed by atoms with E-state index in [9.17, 15) is 9.59 Å². The molecule has 0 bridgehead atoms. The first-order valence-corrected chi connectivity index (χ1v) is 11.6. The highest BCUT2D eigenvalue weighted by atomic mass is 16.6. The lowest BCUT2D eigenvalue weighted by Crippen LogP contribution is -2.39. The van der Waals surface area contributed by atoms with Gasteiger partial charge in [0.15, 0.2) is 5.65 Å². The number of hydrogen-bond acceptors (Lipinski definition) is 8. The fourth-order valence-electron chi connectivity index (χ4n) is 3.93. The molecule has 1 N–H and O–H groups in total. The zero-order chi connectivity index (χ0) is 25.2. The van der Waals surface area contributed by atoms with E-state index >= 15 is 0 Å². The Hall–Kier alpha value is -3.88. The maximum atomic E-state index is 12.7. The normalized spacial score (nSPS) is 13.2. The van der Waals surface area contributed by atoms with Crippen LogP contribution < -0.4 is 10.1 Å². The molecule has 1 aromatic carbocycles. The van der Waals surface area contributed by atoms with Crippen LogP contribution in [0.3, 0.4) is 0 Å². The SMILES string of the molecule is CCOC(=O)c1cnc2nc(OC)ccc2c1Nc1ccc2c(c1)CN(C(=O)OC(C)(C)C)CC2. The fourth-order valence-corrected chi connectivity index (χ4v) is 3.93. The Balaban J connectivity index is 1.67. The molecule has 3 aromatic rings. The zero-order valence-electron chi connectivity index (χ0n) is 20.7. The van der Waals surface area contributed by atoms with Gasteiger partial charge in [0.1, 0.15) is 11.2 Å². The number of aromatic nitrogens is 2. The summed E-state index contributed by atoms with van der Waals surface area (Å²) in [6.07, 6.45) is 1.87. The van der Waals surface area contributed by atoms with E-state index in [0.29, 0.717) is 41.3 Å². The summed E-state index contributed by atoms with van der Waals surface area (Å²) in [4.78, 5) is 35.7. The largest absolute Gasteiger partial charge is 0.481 e. The summed E-state index contributed by atoms with van der Waals surface area (Å²) in [5, 5.41) is 4.03. The Morgan fingerprint density at radius 2 is 1.94 bits per heavy atom. The maximum absolute atomic E-state index is 12.7. The number of nitrogens with zero attached hydrogens (tertiary/aromatic N) is 3. The molecule has 2 aromatic heterocycles. The van der Waals surface area contributed by atoms with Gasteiger partial charge in [0.25, 0.3) is 0 Å². The van der Waals surface area contributed by atoms with Gasteiger partial charge in [0, 0.05) is 36.4 Å². The van der Waals surface area contributed by atoms with Crippen molar-refractivity contribution in [2.75, 3.05) is 25.6 Å². The lowest BCUT2D eigenvalue weighted by molar-refractivity contribution is 0.0223. The van der Waals surface area contributed by atoms with Crippen molar-refractivity contribution < 1.29 is 23.8 Å². The monoisotopic (exact) mass is 478 g/mol. The molecule has 35 heavy (non-hydrogen) atoms. The highest BCUT2D eigenvalue weighted by molar-refractivity contribution is 6.05. The number of carbonyl (C=O) groups excluding carboxylic acids is 2. The molecule has 9 nitrogen and oxygen atoms in total. The van der Waals surface area contributed by atoms with Gasteiger partial charge in [-0.15, -0.1) is 0 Å². The molecule has 1 aliphatic heterocycles. The molecule has 0 radical (unpaired) electrons. The topological polar surface area (TPSA) is 103 Å². The third-order valence-corrected chi connectivity index (χ3v) is 5.55. The minimum absolute atomic E-state index is 0.247. The molecular formula is C26H30N4O5. The lowest BCUT2D eigenvalue weighted by atomic mass is 9.99. The highest BCUT2D eigenvalue weighted by Crippen LogP contribution is 2.32. The number of carbonyl (C=O) groups is 2. The van der Waals surface area contributed by atoms with Crippen LogP contribution in [0.2, 0.25) is 0 Å². The van der Waals surface area contributed by atoms with Gasteiger partial charge in [-0.3, -0.25) is 0 Å². The minimum atomic E-state index is -0.552. The van der Waals surface area contributed by atoms with Crippen LogP contribution in [0.5, 0.6) is 5.88 Å². The number of rotatable bonds is 5. The Bertz CT molecular complexity index is 1270. The van der Waals surface area contributed by atoms with E-state index in [1.54, 1.807) is 17.9 Å². The van der Waals surface area contributed by atoms with Crippen molar-refractivity contribution in [2.45, 2.75) is 46.3 Å². The average Bonchev–Trinajstić information content (AvgIpc) is 2.82. The molecule has 3 heterocycles. The summed E-state index contributed by atoms with van der Waals surface area (Å²) in [6.45, 7) is 8.62. The van der Waals surface area contributed by atoms with Crippen LogP contribution in [0.15, 0.2) is 36.5 Å². The summed E-state index contributed by atoms with van der Waals surface area (Å²) >= 11 is 0. The van der Waals surface area contributed by atoms with Gasteiger partial charge in [-0.25, -0.2) is 14.6 Å². The van der Waals surface area contributed by atoms with Crippen molar-refractivity contribution in [3.63, 3.8) is 0 Å². The smallest absolute Gasteiger partial charge is 0.410 e. The first-order chi connectivity index (χ1) is 16.7. The number of methoxy groups -OCH3 is 1. The third-order valence-electron chi connectivity index (χ3n) is 5.55.